The minimum absolute atomic E-state index is 0. The van der Waals surface area contributed by atoms with E-state index in [-0.39, 0.29) is 23.9 Å². The summed E-state index contributed by atoms with van der Waals surface area (Å²) in [5.74, 6) is -0.743. The van der Waals surface area contributed by atoms with E-state index in [9.17, 15) is 14.4 Å². The number of carbonyl (C=O) groups excluding carboxylic acids is 1. The number of nitrogens with zero attached hydrogens (tertiary/aromatic N) is 1. The first-order chi connectivity index (χ1) is 12.0. The number of nitriles is 1. The molecule has 5 nitrogen and oxygen atoms in total. The predicted molar refractivity (Wildman–Crippen MR) is 102 cm³/mol. The van der Waals surface area contributed by atoms with Crippen molar-refractivity contribution in [1.82, 2.24) is 10.6 Å². The molecule has 1 fully saturated rings. The van der Waals surface area contributed by atoms with E-state index in [1.54, 1.807) is 17.4 Å². The van der Waals surface area contributed by atoms with E-state index in [1.807, 2.05) is 23.6 Å². The van der Waals surface area contributed by atoms with Gasteiger partial charge in [0.1, 0.15) is 5.82 Å². The van der Waals surface area contributed by atoms with Gasteiger partial charge in [0.25, 0.3) is 0 Å². The zero-order valence-electron chi connectivity index (χ0n) is 14.0. The van der Waals surface area contributed by atoms with Gasteiger partial charge in [-0.25, -0.2) is 4.39 Å². The Morgan fingerprint density at radius 1 is 1.50 bits per heavy atom. The van der Waals surface area contributed by atoms with E-state index in [0.29, 0.717) is 31.5 Å². The lowest BCUT2D eigenvalue weighted by Crippen LogP contribution is -2.53. The molecule has 0 radical (unpaired) electrons. The van der Waals surface area contributed by atoms with Crippen LogP contribution in [0.1, 0.15) is 22.4 Å². The van der Waals surface area contributed by atoms with Crippen molar-refractivity contribution >= 4 is 29.7 Å². The Hall–Kier alpha value is -1.98. The lowest BCUT2D eigenvalue weighted by molar-refractivity contribution is -0.124. The van der Waals surface area contributed by atoms with Gasteiger partial charge in [0.2, 0.25) is 5.91 Å². The molecule has 1 aromatic heterocycles. The lowest BCUT2D eigenvalue weighted by atomic mass is 9.85. The molecule has 1 aromatic carbocycles. The number of carbonyl (C=O) groups is 1. The normalized spacial score (nSPS) is 20.0. The maximum Gasteiger partial charge on any atom is 0.238 e. The van der Waals surface area contributed by atoms with Crippen molar-refractivity contribution in [2.24, 2.45) is 5.73 Å². The highest BCUT2D eigenvalue weighted by atomic mass is 35.5. The molecule has 1 aliphatic rings. The van der Waals surface area contributed by atoms with Gasteiger partial charge in [-0.05, 0) is 42.1 Å². The highest BCUT2D eigenvalue weighted by molar-refractivity contribution is 7.09. The fraction of sp³-hybridized carbons (Fsp3) is 0.333. The van der Waals surface area contributed by atoms with Gasteiger partial charge >= 0.3 is 0 Å². The second kappa shape index (κ2) is 8.60. The second-order valence-electron chi connectivity index (χ2n) is 6.19. The Bertz CT molecular complexity index is 800. The third kappa shape index (κ3) is 4.22. The Balaban J connectivity index is 0.00000243. The van der Waals surface area contributed by atoms with Gasteiger partial charge in [-0.3, -0.25) is 4.79 Å². The van der Waals surface area contributed by atoms with E-state index < -0.39 is 17.4 Å². The second-order valence-corrected chi connectivity index (χ2v) is 7.22. The first kappa shape index (κ1) is 20.3. The van der Waals surface area contributed by atoms with E-state index in [4.69, 9.17) is 5.73 Å². The van der Waals surface area contributed by atoms with Crippen molar-refractivity contribution in [3.8, 4) is 6.07 Å². The van der Waals surface area contributed by atoms with Gasteiger partial charge in [0.15, 0.2) is 0 Å². The maximum absolute atomic E-state index is 13.5. The molecule has 0 aliphatic carbocycles. The molecule has 3 rings (SSSR count). The van der Waals surface area contributed by atoms with E-state index >= 15 is 0 Å². The van der Waals surface area contributed by atoms with Crippen LogP contribution in [-0.2, 0) is 16.8 Å². The SMILES string of the molecule is Cl.N#Cc1cc(F)ccc1[C@@]1(NC(=O)[C@@H](N)Cc2cccs2)CCNC1. The van der Waals surface area contributed by atoms with Crippen LogP contribution in [0.3, 0.4) is 0 Å². The monoisotopic (exact) mass is 394 g/mol. The van der Waals surface area contributed by atoms with Crippen molar-refractivity contribution in [2.75, 3.05) is 13.1 Å². The van der Waals surface area contributed by atoms with Crippen LogP contribution in [0.25, 0.3) is 0 Å². The minimum Gasteiger partial charge on any atom is -0.344 e. The fourth-order valence-electron chi connectivity index (χ4n) is 3.19. The molecule has 0 unspecified atom stereocenters. The largest absolute Gasteiger partial charge is 0.344 e. The van der Waals surface area contributed by atoms with E-state index in [1.165, 1.54) is 12.1 Å². The number of halogens is 2. The Labute approximate surface area is 161 Å². The summed E-state index contributed by atoms with van der Waals surface area (Å²) in [5.41, 5.74) is 6.18. The molecule has 0 spiro atoms. The number of hydrogen-bond acceptors (Lipinski definition) is 5. The number of rotatable bonds is 5. The molecular formula is C18H20ClFN4OS. The summed E-state index contributed by atoms with van der Waals surface area (Å²) >= 11 is 1.56. The standard InChI is InChI=1S/C18H19FN4OS.ClH/c19-13-3-4-15(12(8-13)10-20)18(5-6-22-11-18)23-17(24)16(21)9-14-2-1-7-25-14;/h1-4,7-8,16,22H,5-6,9,11,21H2,(H,23,24);1H/t16-,18+;/m0./s1. The number of hydrogen-bond donors (Lipinski definition) is 3. The molecule has 26 heavy (non-hydrogen) atoms. The smallest absolute Gasteiger partial charge is 0.238 e. The highest BCUT2D eigenvalue weighted by Gasteiger charge is 2.39. The van der Waals surface area contributed by atoms with Gasteiger partial charge in [-0.1, -0.05) is 12.1 Å². The Morgan fingerprint density at radius 2 is 2.31 bits per heavy atom. The first-order valence-corrected chi connectivity index (χ1v) is 8.93. The van der Waals surface area contributed by atoms with Crippen LogP contribution >= 0.6 is 23.7 Å². The zero-order valence-corrected chi connectivity index (χ0v) is 15.6. The average Bonchev–Trinajstić information content (AvgIpc) is 3.27. The number of amides is 1. The number of nitrogens with one attached hydrogen (secondary N) is 2. The van der Waals surface area contributed by atoms with E-state index in [0.717, 1.165) is 4.88 Å². The first-order valence-electron chi connectivity index (χ1n) is 8.05. The molecule has 2 aromatic rings. The summed E-state index contributed by atoms with van der Waals surface area (Å²) < 4.78 is 13.5. The molecule has 2 heterocycles. The Kier molecular flexibility index (Phi) is 6.73. The van der Waals surface area contributed by atoms with Gasteiger partial charge in [0, 0.05) is 17.8 Å². The lowest BCUT2D eigenvalue weighted by Gasteiger charge is -2.32. The van der Waals surface area contributed by atoms with Crippen LogP contribution in [-0.4, -0.2) is 25.0 Å². The van der Waals surface area contributed by atoms with Crippen LogP contribution < -0.4 is 16.4 Å². The molecule has 1 saturated heterocycles. The van der Waals surface area contributed by atoms with Gasteiger partial charge < -0.3 is 16.4 Å². The zero-order chi connectivity index (χ0) is 17.9. The third-order valence-corrected chi connectivity index (χ3v) is 5.37. The summed E-state index contributed by atoms with van der Waals surface area (Å²) in [4.78, 5) is 13.7. The summed E-state index contributed by atoms with van der Waals surface area (Å²) in [5, 5.41) is 17.5. The van der Waals surface area contributed by atoms with E-state index in [2.05, 4.69) is 10.6 Å². The fourth-order valence-corrected chi connectivity index (χ4v) is 3.95. The topological polar surface area (TPSA) is 90.9 Å². The van der Waals surface area contributed by atoms with Crippen molar-refractivity contribution < 1.29 is 9.18 Å². The average molecular weight is 395 g/mol. The summed E-state index contributed by atoms with van der Waals surface area (Å²) in [6, 6.07) is 9.30. The summed E-state index contributed by atoms with van der Waals surface area (Å²) in [6.45, 7) is 1.17. The van der Waals surface area contributed by atoms with Gasteiger partial charge in [0.05, 0.1) is 23.2 Å². The predicted octanol–water partition coefficient (Wildman–Crippen LogP) is 2.06. The number of benzene rings is 1. The van der Waals surface area contributed by atoms with Crippen LogP contribution in [0.15, 0.2) is 35.7 Å². The van der Waals surface area contributed by atoms with Crippen molar-refractivity contribution in [1.29, 1.82) is 5.26 Å². The van der Waals surface area contributed by atoms with Crippen LogP contribution in [0, 0.1) is 17.1 Å². The van der Waals surface area contributed by atoms with Crippen LogP contribution in [0.5, 0.6) is 0 Å². The number of nitrogens with two attached hydrogens (primary N) is 1. The molecule has 8 heteroatoms. The molecule has 138 valence electrons. The molecule has 1 aliphatic heterocycles. The Morgan fingerprint density at radius 3 is 2.92 bits per heavy atom. The van der Waals surface area contributed by atoms with Crippen LogP contribution in [0.2, 0.25) is 0 Å². The molecule has 0 saturated carbocycles. The van der Waals surface area contributed by atoms with Gasteiger partial charge in [-0.15, -0.1) is 23.7 Å². The molecule has 2 atom stereocenters. The molecular weight excluding hydrogens is 375 g/mol. The third-order valence-electron chi connectivity index (χ3n) is 4.47. The van der Waals surface area contributed by atoms with Gasteiger partial charge in [-0.2, -0.15) is 5.26 Å². The van der Waals surface area contributed by atoms with Crippen LogP contribution in [0.4, 0.5) is 4.39 Å². The van der Waals surface area contributed by atoms with Crippen molar-refractivity contribution in [3.05, 3.63) is 57.5 Å². The number of thiophene rings is 1. The molecule has 0 bridgehead atoms. The summed E-state index contributed by atoms with van der Waals surface area (Å²) in [6.07, 6.45) is 1.08. The quantitative estimate of drug-likeness (QED) is 0.723. The van der Waals surface area contributed by atoms with Crippen molar-refractivity contribution in [2.45, 2.75) is 24.4 Å². The summed E-state index contributed by atoms with van der Waals surface area (Å²) in [7, 11) is 0. The molecule has 1 amide bonds. The molecule has 4 N–H and O–H groups in total. The highest BCUT2D eigenvalue weighted by Crippen LogP contribution is 2.31. The maximum atomic E-state index is 13.5. The minimum atomic E-state index is -0.747. The van der Waals surface area contributed by atoms with Crippen molar-refractivity contribution in [3.63, 3.8) is 0 Å².